The van der Waals surface area contributed by atoms with Gasteiger partial charge in [0, 0.05) is 26.7 Å². The van der Waals surface area contributed by atoms with E-state index in [-0.39, 0.29) is 0 Å². The fraction of sp³-hybridized carbons (Fsp3) is 0.545. The molecule has 0 unspecified atom stereocenters. The van der Waals surface area contributed by atoms with Crippen LogP contribution in [0.2, 0.25) is 0 Å². The van der Waals surface area contributed by atoms with Crippen molar-refractivity contribution in [3.05, 3.63) is 22.4 Å². The molecule has 0 amide bonds. The number of nitrogens with one attached hydrogen (secondary N) is 1. The normalized spacial score (nSPS) is 17.1. The largest absolute Gasteiger partial charge is 0.352 e. The molecule has 1 aromatic rings. The molecule has 0 aliphatic carbocycles. The zero-order valence-electron chi connectivity index (χ0n) is 9.07. The Kier molecular flexibility index (Phi) is 3.61. The molecule has 3 nitrogen and oxygen atoms in total. The van der Waals surface area contributed by atoms with E-state index >= 15 is 0 Å². The molecule has 1 saturated heterocycles. The Balaban J connectivity index is 1.86. The van der Waals surface area contributed by atoms with Gasteiger partial charge in [0.1, 0.15) is 0 Å². The predicted octanol–water partition coefficient (Wildman–Crippen LogP) is 1.92. The smallest absolute Gasteiger partial charge is 0.193 e. The molecule has 15 heavy (non-hydrogen) atoms. The van der Waals surface area contributed by atoms with E-state index in [1.54, 1.807) is 11.3 Å². The highest BCUT2D eigenvalue weighted by Gasteiger charge is 2.14. The van der Waals surface area contributed by atoms with E-state index in [1.807, 2.05) is 7.05 Å². The lowest BCUT2D eigenvalue weighted by Gasteiger charge is -2.20. The third kappa shape index (κ3) is 2.72. The molecule has 1 aromatic heterocycles. The number of thiophene rings is 1. The quantitative estimate of drug-likeness (QED) is 0.613. The number of guanidine groups is 1. The molecule has 0 aromatic carbocycles. The van der Waals surface area contributed by atoms with Crippen LogP contribution in [0.4, 0.5) is 0 Å². The van der Waals surface area contributed by atoms with Crippen molar-refractivity contribution >= 4 is 17.3 Å². The van der Waals surface area contributed by atoms with Gasteiger partial charge in [-0.1, -0.05) is 0 Å². The zero-order chi connectivity index (χ0) is 10.5. The van der Waals surface area contributed by atoms with E-state index in [9.17, 15) is 0 Å². The lowest BCUT2D eigenvalue weighted by atomic mass is 10.3. The monoisotopic (exact) mass is 223 g/mol. The maximum Gasteiger partial charge on any atom is 0.193 e. The topological polar surface area (TPSA) is 27.6 Å². The summed E-state index contributed by atoms with van der Waals surface area (Å²) < 4.78 is 0. The standard InChI is InChI=1S/C11H17N3S/c1-12-11(14-5-2-3-6-14)13-8-10-4-7-15-9-10/h4,7,9H,2-3,5-6,8H2,1H3,(H,12,13). The molecule has 4 heteroatoms. The van der Waals surface area contributed by atoms with Gasteiger partial charge in [-0.15, -0.1) is 0 Å². The van der Waals surface area contributed by atoms with Crippen LogP contribution < -0.4 is 5.32 Å². The predicted molar refractivity (Wildman–Crippen MR) is 65.3 cm³/mol. The van der Waals surface area contributed by atoms with Crippen molar-refractivity contribution < 1.29 is 0 Å². The second-order valence-corrected chi connectivity index (χ2v) is 4.51. The highest BCUT2D eigenvalue weighted by atomic mass is 32.1. The van der Waals surface area contributed by atoms with Gasteiger partial charge in [-0.2, -0.15) is 11.3 Å². The van der Waals surface area contributed by atoms with Crippen molar-refractivity contribution in [1.82, 2.24) is 10.2 Å². The van der Waals surface area contributed by atoms with E-state index in [4.69, 9.17) is 0 Å². The van der Waals surface area contributed by atoms with Crippen LogP contribution in [0, 0.1) is 0 Å². The van der Waals surface area contributed by atoms with Gasteiger partial charge in [0.2, 0.25) is 0 Å². The summed E-state index contributed by atoms with van der Waals surface area (Å²) in [5.74, 6) is 1.04. The lowest BCUT2D eigenvalue weighted by molar-refractivity contribution is 0.493. The fourth-order valence-corrected chi connectivity index (χ4v) is 2.50. The second kappa shape index (κ2) is 5.16. The van der Waals surface area contributed by atoms with Crippen molar-refractivity contribution in [3.8, 4) is 0 Å². The van der Waals surface area contributed by atoms with Crippen LogP contribution in [0.1, 0.15) is 18.4 Å². The minimum atomic E-state index is 0.882. The summed E-state index contributed by atoms with van der Waals surface area (Å²) in [6.45, 7) is 3.17. The van der Waals surface area contributed by atoms with Crippen LogP contribution >= 0.6 is 11.3 Å². The van der Waals surface area contributed by atoms with Gasteiger partial charge < -0.3 is 10.2 Å². The molecular formula is C11H17N3S. The van der Waals surface area contributed by atoms with E-state index < -0.39 is 0 Å². The zero-order valence-corrected chi connectivity index (χ0v) is 9.89. The minimum Gasteiger partial charge on any atom is -0.352 e. The molecule has 1 aliphatic heterocycles. The molecule has 2 rings (SSSR count). The lowest BCUT2D eigenvalue weighted by Crippen LogP contribution is -2.39. The van der Waals surface area contributed by atoms with Gasteiger partial charge >= 0.3 is 0 Å². The van der Waals surface area contributed by atoms with Crippen LogP contribution in [-0.4, -0.2) is 31.0 Å². The molecule has 0 spiro atoms. The summed E-state index contributed by atoms with van der Waals surface area (Å²) in [4.78, 5) is 6.63. The first-order valence-electron chi connectivity index (χ1n) is 5.37. The number of hydrogen-bond acceptors (Lipinski definition) is 2. The van der Waals surface area contributed by atoms with Crippen molar-refractivity contribution in [2.24, 2.45) is 4.99 Å². The van der Waals surface area contributed by atoms with Crippen LogP contribution in [0.25, 0.3) is 0 Å². The highest BCUT2D eigenvalue weighted by molar-refractivity contribution is 7.07. The molecule has 1 N–H and O–H groups in total. The van der Waals surface area contributed by atoms with E-state index in [0.717, 1.165) is 25.6 Å². The van der Waals surface area contributed by atoms with Crippen molar-refractivity contribution in [2.75, 3.05) is 20.1 Å². The molecule has 0 atom stereocenters. The average Bonchev–Trinajstić information content (AvgIpc) is 2.90. The first kappa shape index (κ1) is 10.5. The highest BCUT2D eigenvalue weighted by Crippen LogP contribution is 2.09. The Labute approximate surface area is 94.8 Å². The number of aliphatic imine (C=N–C) groups is 1. The van der Waals surface area contributed by atoms with Gasteiger partial charge in [-0.05, 0) is 35.2 Å². The summed E-state index contributed by atoms with van der Waals surface area (Å²) in [5.41, 5.74) is 1.33. The number of likely N-dealkylation sites (tertiary alicyclic amines) is 1. The van der Waals surface area contributed by atoms with Gasteiger partial charge in [-0.25, -0.2) is 0 Å². The molecule has 1 fully saturated rings. The SMILES string of the molecule is CN=C(NCc1ccsc1)N1CCCC1. The van der Waals surface area contributed by atoms with Crippen LogP contribution in [0.15, 0.2) is 21.8 Å². The molecule has 0 saturated carbocycles. The Morgan fingerprint density at radius 3 is 2.93 bits per heavy atom. The second-order valence-electron chi connectivity index (χ2n) is 3.73. The van der Waals surface area contributed by atoms with E-state index in [2.05, 4.69) is 32.0 Å². The van der Waals surface area contributed by atoms with Crippen molar-refractivity contribution in [1.29, 1.82) is 0 Å². The maximum atomic E-state index is 4.30. The van der Waals surface area contributed by atoms with Gasteiger partial charge in [0.15, 0.2) is 5.96 Å². The summed E-state index contributed by atoms with van der Waals surface area (Å²) in [6.07, 6.45) is 2.58. The molecular weight excluding hydrogens is 206 g/mol. The number of hydrogen-bond donors (Lipinski definition) is 1. The molecule has 82 valence electrons. The molecule has 0 bridgehead atoms. The maximum absolute atomic E-state index is 4.30. The number of nitrogens with zero attached hydrogens (tertiary/aromatic N) is 2. The van der Waals surface area contributed by atoms with Crippen LogP contribution in [0.5, 0.6) is 0 Å². The first-order valence-corrected chi connectivity index (χ1v) is 6.31. The summed E-state index contributed by atoms with van der Waals surface area (Å²) in [5, 5.41) is 7.67. The summed E-state index contributed by atoms with van der Waals surface area (Å²) in [7, 11) is 1.86. The third-order valence-electron chi connectivity index (χ3n) is 2.65. The van der Waals surface area contributed by atoms with E-state index in [0.29, 0.717) is 0 Å². The summed E-state index contributed by atoms with van der Waals surface area (Å²) >= 11 is 1.74. The Morgan fingerprint density at radius 1 is 1.53 bits per heavy atom. The Morgan fingerprint density at radius 2 is 2.33 bits per heavy atom. The minimum absolute atomic E-state index is 0.882. The first-order chi connectivity index (χ1) is 7.40. The molecule has 1 aliphatic rings. The molecule has 2 heterocycles. The summed E-state index contributed by atoms with van der Waals surface area (Å²) in [6, 6.07) is 2.15. The third-order valence-corrected chi connectivity index (χ3v) is 3.38. The molecule has 0 radical (unpaired) electrons. The van der Waals surface area contributed by atoms with Gasteiger partial charge in [-0.3, -0.25) is 4.99 Å². The fourth-order valence-electron chi connectivity index (χ4n) is 1.84. The van der Waals surface area contributed by atoms with Crippen molar-refractivity contribution in [3.63, 3.8) is 0 Å². The van der Waals surface area contributed by atoms with Crippen molar-refractivity contribution in [2.45, 2.75) is 19.4 Å². The average molecular weight is 223 g/mol. The van der Waals surface area contributed by atoms with E-state index in [1.165, 1.54) is 18.4 Å². The van der Waals surface area contributed by atoms with Crippen LogP contribution in [-0.2, 0) is 6.54 Å². The Hall–Kier alpha value is -1.03. The number of rotatable bonds is 2. The van der Waals surface area contributed by atoms with Gasteiger partial charge in [0.25, 0.3) is 0 Å². The van der Waals surface area contributed by atoms with Crippen LogP contribution in [0.3, 0.4) is 0 Å². The Bertz CT molecular complexity index is 313. The van der Waals surface area contributed by atoms with Gasteiger partial charge in [0.05, 0.1) is 0 Å².